The van der Waals surface area contributed by atoms with Crippen molar-refractivity contribution in [3.63, 3.8) is 0 Å². The lowest BCUT2D eigenvalue weighted by atomic mass is 10.3. The maximum atomic E-state index is 12.8. The van der Waals surface area contributed by atoms with Crippen LogP contribution in [0, 0.1) is 0 Å². The van der Waals surface area contributed by atoms with E-state index in [1.807, 2.05) is 16.7 Å². The summed E-state index contributed by atoms with van der Waals surface area (Å²) >= 11 is 7.41. The number of pyridine rings is 1. The highest BCUT2D eigenvalue weighted by Crippen LogP contribution is 2.28. The van der Waals surface area contributed by atoms with Crippen LogP contribution in [0.5, 0.6) is 0 Å². The van der Waals surface area contributed by atoms with Crippen LogP contribution in [-0.4, -0.2) is 53.4 Å². The number of sulfonamides is 1. The van der Waals surface area contributed by atoms with Gasteiger partial charge in [0.05, 0.1) is 28.8 Å². The van der Waals surface area contributed by atoms with Gasteiger partial charge in [-0.15, -0.1) is 0 Å². The molecule has 1 aliphatic rings. The Morgan fingerprint density at radius 2 is 1.93 bits per heavy atom. The summed E-state index contributed by atoms with van der Waals surface area (Å²) in [6, 6.07) is 8.41. The second-order valence-corrected chi connectivity index (χ2v) is 10.1. The molecule has 0 atom stereocenters. The number of fused-ring (bicyclic) bond motifs is 2. The quantitative estimate of drug-likeness (QED) is 0.418. The minimum absolute atomic E-state index is 0.207. The molecule has 0 amide bonds. The summed E-state index contributed by atoms with van der Waals surface area (Å²) < 4.78 is 40.0. The second-order valence-electron chi connectivity index (χ2n) is 6.76. The van der Waals surface area contributed by atoms with Crippen molar-refractivity contribution in [1.82, 2.24) is 18.7 Å². The SMILES string of the molecule is O=S(=O)(c1ccc2oc(SCc3cn4cc(Cl)ccc4n3)nc2c1)N1CCOCC1. The Morgan fingerprint density at radius 3 is 2.77 bits per heavy atom. The molecule has 30 heavy (non-hydrogen) atoms. The van der Waals surface area contributed by atoms with E-state index in [-0.39, 0.29) is 4.90 Å². The number of aromatic nitrogens is 3. The Hall–Kier alpha value is -2.11. The fraction of sp³-hybridized carbons (Fsp3) is 0.263. The number of benzene rings is 1. The minimum atomic E-state index is -3.58. The number of hydrogen-bond donors (Lipinski definition) is 0. The van der Waals surface area contributed by atoms with Crippen LogP contribution in [-0.2, 0) is 20.5 Å². The molecule has 11 heteroatoms. The molecule has 4 aromatic rings. The van der Waals surface area contributed by atoms with Crippen molar-refractivity contribution >= 4 is 50.1 Å². The highest BCUT2D eigenvalue weighted by Gasteiger charge is 2.27. The second kappa shape index (κ2) is 7.86. The first-order valence-corrected chi connectivity index (χ1v) is 12.0. The van der Waals surface area contributed by atoms with Crippen LogP contribution in [0.2, 0.25) is 5.02 Å². The highest BCUT2D eigenvalue weighted by molar-refractivity contribution is 7.98. The molecule has 0 aliphatic carbocycles. The summed E-state index contributed by atoms with van der Waals surface area (Å²) in [5.41, 5.74) is 2.72. The van der Waals surface area contributed by atoms with E-state index >= 15 is 0 Å². The Kier molecular flexibility index (Phi) is 5.19. The van der Waals surface area contributed by atoms with Crippen LogP contribution >= 0.6 is 23.4 Å². The van der Waals surface area contributed by atoms with E-state index in [0.717, 1.165) is 11.3 Å². The molecule has 0 bridgehead atoms. The van der Waals surface area contributed by atoms with Crippen LogP contribution in [0.4, 0.5) is 0 Å². The van der Waals surface area contributed by atoms with E-state index in [4.69, 9.17) is 20.8 Å². The van der Waals surface area contributed by atoms with E-state index < -0.39 is 10.0 Å². The lowest BCUT2D eigenvalue weighted by Gasteiger charge is -2.25. The average molecular weight is 465 g/mol. The number of ether oxygens (including phenoxy) is 1. The topological polar surface area (TPSA) is 89.9 Å². The van der Waals surface area contributed by atoms with Crippen molar-refractivity contribution in [2.24, 2.45) is 0 Å². The van der Waals surface area contributed by atoms with Crippen molar-refractivity contribution in [2.45, 2.75) is 15.9 Å². The van der Waals surface area contributed by atoms with Gasteiger partial charge in [0.1, 0.15) is 11.2 Å². The molecule has 0 saturated carbocycles. The molecule has 1 aliphatic heterocycles. The fourth-order valence-corrected chi connectivity index (χ4v) is 5.59. The molecule has 0 unspecified atom stereocenters. The van der Waals surface area contributed by atoms with Gasteiger partial charge in [-0.25, -0.2) is 18.4 Å². The molecule has 156 valence electrons. The molecule has 1 aromatic carbocycles. The Balaban J connectivity index is 1.35. The standard InChI is InChI=1S/C19H17ClN4O4S2/c20-13-1-4-18-21-14(11-23(18)10-13)12-29-19-22-16-9-15(2-3-17(16)28-19)30(25,26)24-5-7-27-8-6-24/h1-4,9-11H,5-8,12H2. The maximum absolute atomic E-state index is 12.8. The van der Waals surface area contributed by atoms with E-state index in [2.05, 4.69) is 9.97 Å². The molecule has 8 nitrogen and oxygen atoms in total. The Morgan fingerprint density at radius 1 is 1.10 bits per heavy atom. The number of thioether (sulfide) groups is 1. The van der Waals surface area contributed by atoms with E-state index in [0.29, 0.717) is 53.4 Å². The lowest BCUT2D eigenvalue weighted by Crippen LogP contribution is -2.40. The Labute approximate surface area is 181 Å². The van der Waals surface area contributed by atoms with E-state index in [9.17, 15) is 8.42 Å². The van der Waals surface area contributed by atoms with Gasteiger partial charge in [0.15, 0.2) is 5.58 Å². The average Bonchev–Trinajstić information content (AvgIpc) is 3.35. The van der Waals surface area contributed by atoms with Crippen molar-refractivity contribution in [1.29, 1.82) is 0 Å². The van der Waals surface area contributed by atoms with Crippen LogP contribution in [0.3, 0.4) is 0 Å². The van der Waals surface area contributed by atoms with Gasteiger partial charge in [-0.1, -0.05) is 23.4 Å². The zero-order valence-corrected chi connectivity index (χ0v) is 18.1. The largest absolute Gasteiger partial charge is 0.431 e. The molecule has 0 radical (unpaired) electrons. The van der Waals surface area contributed by atoms with Gasteiger partial charge in [-0.3, -0.25) is 0 Å². The number of rotatable bonds is 5. The molecule has 1 fully saturated rings. The van der Waals surface area contributed by atoms with Crippen molar-refractivity contribution in [3.05, 3.63) is 53.4 Å². The molecule has 0 N–H and O–H groups in total. The van der Waals surface area contributed by atoms with Crippen molar-refractivity contribution < 1.29 is 17.6 Å². The summed E-state index contributed by atoms with van der Waals surface area (Å²) in [7, 11) is -3.58. The first-order valence-electron chi connectivity index (χ1n) is 9.23. The smallest absolute Gasteiger partial charge is 0.257 e. The first-order chi connectivity index (χ1) is 14.5. The van der Waals surface area contributed by atoms with Gasteiger partial charge in [0.25, 0.3) is 5.22 Å². The molecule has 3 aromatic heterocycles. The van der Waals surface area contributed by atoms with Crippen molar-refractivity contribution in [2.75, 3.05) is 26.3 Å². The first kappa shape index (κ1) is 19.8. The molecule has 1 saturated heterocycles. The minimum Gasteiger partial charge on any atom is -0.431 e. The number of imidazole rings is 1. The zero-order valence-electron chi connectivity index (χ0n) is 15.7. The predicted molar refractivity (Wildman–Crippen MR) is 113 cm³/mol. The van der Waals surface area contributed by atoms with Gasteiger partial charge in [-0.2, -0.15) is 4.31 Å². The molecular weight excluding hydrogens is 448 g/mol. The van der Waals surface area contributed by atoms with Crippen LogP contribution < -0.4 is 0 Å². The monoisotopic (exact) mass is 464 g/mol. The molecular formula is C19H17ClN4O4S2. The summed E-state index contributed by atoms with van der Waals surface area (Å²) in [6.45, 7) is 1.51. The van der Waals surface area contributed by atoms with Gasteiger partial charge in [0, 0.05) is 31.2 Å². The summed E-state index contributed by atoms with van der Waals surface area (Å²) in [5.74, 6) is 0.561. The third-order valence-electron chi connectivity index (χ3n) is 4.76. The van der Waals surface area contributed by atoms with E-state index in [1.165, 1.54) is 16.1 Å². The van der Waals surface area contributed by atoms with Gasteiger partial charge < -0.3 is 13.6 Å². The zero-order chi connectivity index (χ0) is 20.7. The number of nitrogens with zero attached hydrogens (tertiary/aromatic N) is 4. The van der Waals surface area contributed by atoms with Gasteiger partial charge in [-0.05, 0) is 30.3 Å². The van der Waals surface area contributed by atoms with Crippen LogP contribution in [0.15, 0.2) is 57.3 Å². The number of halogens is 1. The number of morpholine rings is 1. The molecule has 0 spiro atoms. The normalized spacial score (nSPS) is 15.9. The number of oxazole rings is 1. The Bertz CT molecular complexity index is 1330. The molecule has 5 rings (SSSR count). The number of hydrogen-bond acceptors (Lipinski definition) is 7. The van der Waals surface area contributed by atoms with Crippen molar-refractivity contribution in [3.8, 4) is 0 Å². The van der Waals surface area contributed by atoms with Gasteiger partial charge >= 0.3 is 0 Å². The predicted octanol–water partition coefficient (Wildman–Crippen LogP) is 3.44. The van der Waals surface area contributed by atoms with E-state index in [1.54, 1.807) is 30.5 Å². The lowest BCUT2D eigenvalue weighted by molar-refractivity contribution is 0.0730. The fourth-order valence-electron chi connectivity index (χ4n) is 3.27. The highest BCUT2D eigenvalue weighted by atomic mass is 35.5. The molecule has 4 heterocycles. The summed E-state index contributed by atoms with van der Waals surface area (Å²) in [6.07, 6.45) is 3.71. The third-order valence-corrected chi connectivity index (χ3v) is 7.74. The summed E-state index contributed by atoms with van der Waals surface area (Å²) in [5, 5.41) is 1.10. The third kappa shape index (κ3) is 3.81. The summed E-state index contributed by atoms with van der Waals surface area (Å²) in [4.78, 5) is 9.20. The maximum Gasteiger partial charge on any atom is 0.257 e. The van der Waals surface area contributed by atoms with Crippen LogP contribution in [0.1, 0.15) is 5.69 Å². The van der Waals surface area contributed by atoms with Gasteiger partial charge in [0.2, 0.25) is 10.0 Å². The van der Waals surface area contributed by atoms with Crippen LogP contribution in [0.25, 0.3) is 16.7 Å².